The standard InChI is InChI=1S/C14H14FN5S/c1-20-8-11(6-17-20)14(10-2-4-12(15)5-3-10)16-7-13-9-21-19-18-13/h2-6,8-9,14,16H,7H2,1H3/t14-/m1/s1. The first kappa shape index (κ1) is 13.8. The average Bonchev–Trinajstić information content (AvgIpc) is 3.13. The molecule has 0 aliphatic rings. The van der Waals surface area contributed by atoms with E-state index in [1.807, 2.05) is 18.6 Å². The molecule has 2 aromatic heterocycles. The minimum Gasteiger partial charge on any atom is -0.300 e. The second kappa shape index (κ2) is 6.11. The third kappa shape index (κ3) is 3.32. The van der Waals surface area contributed by atoms with Crippen LogP contribution >= 0.6 is 11.5 Å². The van der Waals surface area contributed by atoms with Gasteiger partial charge in [0.1, 0.15) is 5.82 Å². The molecule has 0 aliphatic carbocycles. The summed E-state index contributed by atoms with van der Waals surface area (Å²) in [6.07, 6.45) is 3.75. The van der Waals surface area contributed by atoms with Crippen molar-refractivity contribution in [3.63, 3.8) is 0 Å². The molecular formula is C14H14FN5S. The van der Waals surface area contributed by atoms with E-state index in [-0.39, 0.29) is 11.9 Å². The van der Waals surface area contributed by atoms with Crippen molar-refractivity contribution in [2.75, 3.05) is 0 Å². The Morgan fingerprint density at radius 3 is 2.71 bits per heavy atom. The van der Waals surface area contributed by atoms with Gasteiger partial charge < -0.3 is 5.32 Å². The summed E-state index contributed by atoms with van der Waals surface area (Å²) in [4.78, 5) is 0. The Bertz CT molecular complexity index is 692. The van der Waals surface area contributed by atoms with Crippen molar-refractivity contribution in [3.8, 4) is 0 Å². The quantitative estimate of drug-likeness (QED) is 0.786. The predicted octanol–water partition coefficient (Wildman–Crippen LogP) is 2.29. The van der Waals surface area contributed by atoms with Gasteiger partial charge in [-0.3, -0.25) is 4.68 Å². The first-order valence-corrected chi connectivity index (χ1v) is 7.29. The highest BCUT2D eigenvalue weighted by atomic mass is 32.1. The molecule has 0 radical (unpaired) electrons. The highest BCUT2D eigenvalue weighted by Gasteiger charge is 2.16. The van der Waals surface area contributed by atoms with Gasteiger partial charge >= 0.3 is 0 Å². The number of halogens is 1. The van der Waals surface area contributed by atoms with Gasteiger partial charge in [-0.05, 0) is 29.2 Å². The number of nitrogens with zero attached hydrogens (tertiary/aromatic N) is 4. The molecule has 0 fully saturated rings. The van der Waals surface area contributed by atoms with Crippen LogP contribution in [0.1, 0.15) is 22.9 Å². The molecule has 3 aromatic rings. The minimum absolute atomic E-state index is 0.0685. The van der Waals surface area contributed by atoms with E-state index in [9.17, 15) is 4.39 Å². The number of nitrogens with one attached hydrogen (secondary N) is 1. The number of hydrogen-bond donors (Lipinski definition) is 1. The lowest BCUT2D eigenvalue weighted by atomic mass is 10.0. The topological polar surface area (TPSA) is 55.6 Å². The number of aromatic nitrogens is 4. The van der Waals surface area contributed by atoms with Crippen LogP contribution in [-0.2, 0) is 13.6 Å². The third-order valence-electron chi connectivity index (χ3n) is 3.15. The lowest BCUT2D eigenvalue weighted by Crippen LogP contribution is -2.22. The Morgan fingerprint density at radius 1 is 1.29 bits per heavy atom. The molecule has 0 saturated heterocycles. The highest BCUT2D eigenvalue weighted by Crippen LogP contribution is 2.22. The van der Waals surface area contributed by atoms with Crippen molar-refractivity contribution in [3.05, 3.63) is 64.7 Å². The number of aryl methyl sites for hydroxylation is 1. The summed E-state index contributed by atoms with van der Waals surface area (Å²) in [5.74, 6) is -0.243. The Morgan fingerprint density at radius 2 is 2.10 bits per heavy atom. The van der Waals surface area contributed by atoms with E-state index < -0.39 is 0 Å². The van der Waals surface area contributed by atoms with Crippen LogP contribution in [0.5, 0.6) is 0 Å². The van der Waals surface area contributed by atoms with Crippen LogP contribution < -0.4 is 5.32 Å². The van der Waals surface area contributed by atoms with Crippen molar-refractivity contribution < 1.29 is 4.39 Å². The van der Waals surface area contributed by atoms with Crippen LogP contribution in [0.15, 0.2) is 42.0 Å². The Hall–Kier alpha value is -2.12. The lowest BCUT2D eigenvalue weighted by molar-refractivity contribution is 0.590. The number of benzene rings is 1. The molecule has 0 saturated carbocycles. The van der Waals surface area contributed by atoms with Crippen LogP contribution in [0, 0.1) is 5.82 Å². The van der Waals surface area contributed by atoms with Gasteiger partial charge in [-0.2, -0.15) is 5.10 Å². The maximum Gasteiger partial charge on any atom is 0.123 e. The molecule has 1 atom stereocenters. The van der Waals surface area contributed by atoms with E-state index >= 15 is 0 Å². The summed E-state index contributed by atoms with van der Waals surface area (Å²) in [7, 11) is 1.87. The maximum atomic E-state index is 13.1. The smallest absolute Gasteiger partial charge is 0.123 e. The molecule has 108 valence electrons. The van der Waals surface area contributed by atoms with Crippen LogP contribution in [0.3, 0.4) is 0 Å². The second-order valence-corrected chi connectivity index (χ2v) is 5.32. The summed E-state index contributed by atoms with van der Waals surface area (Å²) < 4.78 is 18.7. The molecule has 1 aromatic carbocycles. The predicted molar refractivity (Wildman–Crippen MR) is 78.2 cm³/mol. The van der Waals surface area contributed by atoms with Crippen molar-refractivity contribution in [2.45, 2.75) is 12.6 Å². The first-order chi connectivity index (χ1) is 10.2. The summed E-state index contributed by atoms with van der Waals surface area (Å²) in [6.45, 7) is 0.591. The summed E-state index contributed by atoms with van der Waals surface area (Å²) in [6, 6.07) is 6.41. The zero-order chi connectivity index (χ0) is 14.7. The van der Waals surface area contributed by atoms with Gasteiger partial charge in [0.05, 0.1) is 17.9 Å². The van der Waals surface area contributed by atoms with E-state index in [0.717, 1.165) is 16.8 Å². The van der Waals surface area contributed by atoms with Crippen LogP contribution in [0.25, 0.3) is 0 Å². The molecule has 3 rings (SSSR count). The molecule has 0 aliphatic heterocycles. The molecule has 2 heterocycles. The SMILES string of the molecule is Cn1cc([C@H](NCc2csnn2)c2ccc(F)cc2)cn1. The monoisotopic (exact) mass is 303 g/mol. The van der Waals surface area contributed by atoms with Crippen molar-refractivity contribution in [2.24, 2.45) is 7.05 Å². The lowest BCUT2D eigenvalue weighted by Gasteiger charge is -2.17. The van der Waals surface area contributed by atoms with Crippen LogP contribution in [0.4, 0.5) is 4.39 Å². The molecule has 0 amide bonds. The summed E-state index contributed by atoms with van der Waals surface area (Å²) in [5.41, 5.74) is 2.89. The fraction of sp³-hybridized carbons (Fsp3) is 0.214. The molecule has 1 N–H and O–H groups in total. The van der Waals surface area contributed by atoms with Crippen molar-refractivity contribution in [1.82, 2.24) is 24.7 Å². The zero-order valence-corrected chi connectivity index (χ0v) is 12.2. The van der Waals surface area contributed by atoms with Crippen LogP contribution in [-0.4, -0.2) is 19.4 Å². The van der Waals surface area contributed by atoms with Gasteiger partial charge in [0.2, 0.25) is 0 Å². The van der Waals surface area contributed by atoms with Crippen molar-refractivity contribution in [1.29, 1.82) is 0 Å². The van der Waals surface area contributed by atoms with Gasteiger partial charge in [0.25, 0.3) is 0 Å². The Labute approximate surface area is 125 Å². The first-order valence-electron chi connectivity index (χ1n) is 6.46. The second-order valence-electron chi connectivity index (χ2n) is 4.71. The molecule has 5 nitrogen and oxygen atoms in total. The minimum atomic E-state index is -0.243. The van der Waals surface area contributed by atoms with E-state index in [2.05, 4.69) is 20.0 Å². The largest absolute Gasteiger partial charge is 0.300 e. The average molecular weight is 303 g/mol. The fourth-order valence-electron chi connectivity index (χ4n) is 2.14. The van der Waals surface area contributed by atoms with Crippen molar-refractivity contribution >= 4 is 11.5 Å². The number of hydrogen-bond acceptors (Lipinski definition) is 5. The van der Waals surface area contributed by atoms with Gasteiger partial charge in [0.15, 0.2) is 0 Å². The molecule has 0 spiro atoms. The Kier molecular flexibility index (Phi) is 4.03. The Balaban J connectivity index is 1.85. The van der Waals surface area contributed by atoms with E-state index in [1.165, 1.54) is 23.7 Å². The molecule has 0 unspecified atom stereocenters. The molecule has 0 bridgehead atoms. The number of rotatable bonds is 5. The fourth-order valence-corrected chi connectivity index (χ4v) is 2.59. The van der Waals surface area contributed by atoms with Gasteiger partial charge in [-0.25, -0.2) is 4.39 Å². The van der Waals surface area contributed by atoms with E-state index in [1.54, 1.807) is 23.0 Å². The third-order valence-corrected chi connectivity index (χ3v) is 3.71. The van der Waals surface area contributed by atoms with Gasteiger partial charge in [-0.15, -0.1) is 5.10 Å². The highest BCUT2D eigenvalue weighted by molar-refractivity contribution is 7.03. The zero-order valence-electron chi connectivity index (χ0n) is 11.4. The van der Waals surface area contributed by atoms with Crippen LogP contribution in [0.2, 0.25) is 0 Å². The maximum absolute atomic E-state index is 13.1. The molecule has 7 heteroatoms. The molecule has 21 heavy (non-hydrogen) atoms. The van der Waals surface area contributed by atoms with Gasteiger partial charge in [0, 0.05) is 30.7 Å². The summed E-state index contributed by atoms with van der Waals surface area (Å²) in [5, 5.41) is 13.5. The molecular weight excluding hydrogens is 289 g/mol. The van der Waals surface area contributed by atoms with E-state index in [0.29, 0.717) is 6.54 Å². The normalized spacial score (nSPS) is 12.5. The van der Waals surface area contributed by atoms with E-state index in [4.69, 9.17) is 0 Å². The van der Waals surface area contributed by atoms with Gasteiger partial charge in [-0.1, -0.05) is 16.6 Å². The summed E-state index contributed by atoms with van der Waals surface area (Å²) >= 11 is 1.32.